The van der Waals surface area contributed by atoms with Crippen LogP contribution in [-0.2, 0) is 20.8 Å². The molecule has 1 unspecified atom stereocenters. The Balaban J connectivity index is 1.74. The lowest BCUT2D eigenvalue weighted by atomic mass is 9.88. The summed E-state index contributed by atoms with van der Waals surface area (Å²) >= 11 is 0. The number of hydrogen-bond acceptors (Lipinski definition) is 5. The Kier molecular flexibility index (Phi) is 5.11. The van der Waals surface area contributed by atoms with Crippen molar-refractivity contribution >= 4 is 16.9 Å². The topological polar surface area (TPSA) is 60.5 Å². The Hall–Kier alpha value is -1.98. The Labute approximate surface area is 142 Å². The molecule has 5 nitrogen and oxygen atoms in total. The molecular weight excluding hydrogens is 304 g/mol. The third-order valence-electron chi connectivity index (χ3n) is 4.59. The Bertz CT molecular complexity index is 724. The van der Waals surface area contributed by atoms with E-state index in [0.29, 0.717) is 19.6 Å². The Morgan fingerprint density at radius 1 is 1.38 bits per heavy atom. The van der Waals surface area contributed by atoms with E-state index in [1.54, 1.807) is 0 Å². The molecule has 1 aliphatic rings. The number of hydrogen-bond donors (Lipinski definition) is 1. The fourth-order valence-electron chi connectivity index (χ4n) is 3.22. The number of nitrogens with zero attached hydrogens (tertiary/aromatic N) is 1. The largest absolute Gasteiger partial charge is 0.469 e. The van der Waals surface area contributed by atoms with E-state index in [4.69, 9.17) is 9.47 Å². The lowest BCUT2D eigenvalue weighted by molar-refractivity contribution is -0.144. The summed E-state index contributed by atoms with van der Waals surface area (Å²) in [7, 11) is 1.43. The van der Waals surface area contributed by atoms with Gasteiger partial charge in [0, 0.05) is 24.2 Å². The number of aromatic nitrogens is 1. The first-order valence-corrected chi connectivity index (χ1v) is 8.36. The molecule has 0 amide bonds. The highest BCUT2D eigenvalue weighted by molar-refractivity contribution is 5.79. The number of fused-ring (bicyclic) bond motifs is 1. The van der Waals surface area contributed by atoms with Gasteiger partial charge in [0.1, 0.15) is 0 Å². The smallest absolute Gasteiger partial charge is 0.307 e. The van der Waals surface area contributed by atoms with Crippen molar-refractivity contribution in [3.05, 3.63) is 41.6 Å². The van der Waals surface area contributed by atoms with Gasteiger partial charge in [-0.2, -0.15) is 0 Å². The summed E-state index contributed by atoms with van der Waals surface area (Å²) in [6.45, 7) is 3.97. The molecule has 3 rings (SSSR count). The number of ether oxygens (including phenoxy) is 2. The van der Waals surface area contributed by atoms with Crippen LogP contribution in [0.15, 0.2) is 30.3 Å². The summed E-state index contributed by atoms with van der Waals surface area (Å²) in [6.07, 6.45) is 2.19. The van der Waals surface area contributed by atoms with E-state index in [2.05, 4.69) is 28.5 Å². The molecule has 1 atom stereocenters. The van der Waals surface area contributed by atoms with Crippen molar-refractivity contribution in [2.45, 2.75) is 38.3 Å². The second kappa shape index (κ2) is 7.28. The summed E-state index contributed by atoms with van der Waals surface area (Å²) in [6, 6.07) is 10.4. The number of aryl methyl sites for hydroxylation is 1. The van der Waals surface area contributed by atoms with Crippen LogP contribution in [0.25, 0.3) is 10.9 Å². The SMILES string of the molecule is COC(=O)CC1(NCc2ccc3nc(C)ccc3c2)CCCOC1. The molecule has 0 bridgehead atoms. The van der Waals surface area contributed by atoms with Crippen molar-refractivity contribution in [3.63, 3.8) is 0 Å². The number of methoxy groups -OCH3 is 1. The van der Waals surface area contributed by atoms with E-state index >= 15 is 0 Å². The highest BCUT2D eigenvalue weighted by atomic mass is 16.5. The molecule has 1 saturated heterocycles. The molecule has 24 heavy (non-hydrogen) atoms. The van der Waals surface area contributed by atoms with Gasteiger partial charge in [0.2, 0.25) is 0 Å². The summed E-state index contributed by atoms with van der Waals surface area (Å²) in [5, 5.41) is 4.67. The minimum absolute atomic E-state index is 0.203. The van der Waals surface area contributed by atoms with Crippen molar-refractivity contribution < 1.29 is 14.3 Å². The van der Waals surface area contributed by atoms with E-state index < -0.39 is 0 Å². The van der Waals surface area contributed by atoms with Gasteiger partial charge in [-0.25, -0.2) is 0 Å². The zero-order chi connectivity index (χ0) is 17.0. The predicted molar refractivity (Wildman–Crippen MR) is 92.7 cm³/mol. The molecule has 1 aliphatic heterocycles. The van der Waals surface area contributed by atoms with Crippen LogP contribution in [0.2, 0.25) is 0 Å². The highest BCUT2D eigenvalue weighted by Gasteiger charge is 2.35. The summed E-state index contributed by atoms with van der Waals surface area (Å²) in [5.74, 6) is -0.203. The van der Waals surface area contributed by atoms with Crippen LogP contribution in [0.4, 0.5) is 0 Å². The van der Waals surface area contributed by atoms with E-state index in [1.807, 2.05) is 19.1 Å². The maximum absolute atomic E-state index is 11.8. The number of carbonyl (C=O) groups is 1. The Morgan fingerprint density at radius 2 is 2.25 bits per heavy atom. The average molecular weight is 328 g/mol. The van der Waals surface area contributed by atoms with Gasteiger partial charge in [-0.1, -0.05) is 12.1 Å². The van der Waals surface area contributed by atoms with E-state index in [9.17, 15) is 4.79 Å². The number of nitrogens with one attached hydrogen (secondary N) is 1. The fraction of sp³-hybridized carbons (Fsp3) is 0.474. The number of esters is 1. The van der Waals surface area contributed by atoms with Gasteiger partial charge >= 0.3 is 5.97 Å². The van der Waals surface area contributed by atoms with Crippen LogP contribution in [0.3, 0.4) is 0 Å². The first-order valence-electron chi connectivity index (χ1n) is 8.36. The monoisotopic (exact) mass is 328 g/mol. The summed E-state index contributed by atoms with van der Waals surface area (Å²) < 4.78 is 10.5. The van der Waals surface area contributed by atoms with Crippen LogP contribution in [-0.4, -0.2) is 36.8 Å². The maximum atomic E-state index is 11.8. The number of carbonyl (C=O) groups excluding carboxylic acids is 1. The molecule has 1 aromatic heterocycles. The van der Waals surface area contributed by atoms with Crippen molar-refractivity contribution in [3.8, 4) is 0 Å². The normalized spacial score (nSPS) is 20.9. The van der Waals surface area contributed by atoms with Crippen molar-refractivity contribution in [2.75, 3.05) is 20.3 Å². The summed E-state index contributed by atoms with van der Waals surface area (Å²) in [5.41, 5.74) is 2.85. The van der Waals surface area contributed by atoms with Crippen LogP contribution in [0, 0.1) is 6.92 Å². The third kappa shape index (κ3) is 3.91. The van der Waals surface area contributed by atoms with Crippen LogP contribution in [0.1, 0.15) is 30.5 Å². The van der Waals surface area contributed by atoms with Crippen molar-refractivity contribution in [1.29, 1.82) is 0 Å². The average Bonchev–Trinajstić information content (AvgIpc) is 2.60. The van der Waals surface area contributed by atoms with Gasteiger partial charge in [-0.05, 0) is 43.5 Å². The number of rotatable bonds is 5. The molecule has 5 heteroatoms. The van der Waals surface area contributed by atoms with Gasteiger partial charge in [0.15, 0.2) is 0 Å². The van der Waals surface area contributed by atoms with Crippen molar-refractivity contribution in [2.24, 2.45) is 0 Å². The highest BCUT2D eigenvalue weighted by Crippen LogP contribution is 2.24. The zero-order valence-electron chi connectivity index (χ0n) is 14.3. The molecule has 0 radical (unpaired) electrons. The van der Waals surface area contributed by atoms with E-state index in [0.717, 1.165) is 36.0 Å². The first-order chi connectivity index (χ1) is 11.6. The fourth-order valence-corrected chi connectivity index (χ4v) is 3.22. The van der Waals surface area contributed by atoms with Crippen molar-refractivity contribution in [1.82, 2.24) is 10.3 Å². The minimum atomic E-state index is -0.341. The van der Waals surface area contributed by atoms with Crippen LogP contribution >= 0.6 is 0 Å². The molecule has 1 aromatic carbocycles. The lowest BCUT2D eigenvalue weighted by Crippen LogP contribution is -2.52. The zero-order valence-corrected chi connectivity index (χ0v) is 14.3. The number of benzene rings is 1. The van der Waals surface area contributed by atoms with Crippen LogP contribution in [0.5, 0.6) is 0 Å². The minimum Gasteiger partial charge on any atom is -0.469 e. The van der Waals surface area contributed by atoms with Gasteiger partial charge in [0.25, 0.3) is 0 Å². The lowest BCUT2D eigenvalue weighted by Gasteiger charge is -2.37. The molecular formula is C19H24N2O3. The van der Waals surface area contributed by atoms with Gasteiger partial charge in [-0.15, -0.1) is 0 Å². The molecule has 1 N–H and O–H groups in total. The number of pyridine rings is 1. The summed E-state index contributed by atoms with van der Waals surface area (Å²) in [4.78, 5) is 16.3. The van der Waals surface area contributed by atoms with Crippen LogP contribution < -0.4 is 5.32 Å². The van der Waals surface area contributed by atoms with Gasteiger partial charge in [-0.3, -0.25) is 9.78 Å². The molecule has 1 fully saturated rings. The molecule has 128 valence electrons. The van der Waals surface area contributed by atoms with Gasteiger partial charge in [0.05, 0.1) is 31.2 Å². The van der Waals surface area contributed by atoms with E-state index in [-0.39, 0.29) is 11.5 Å². The Morgan fingerprint density at radius 3 is 3.00 bits per heavy atom. The second-order valence-corrected chi connectivity index (χ2v) is 6.52. The molecule has 2 aromatic rings. The molecule has 0 aliphatic carbocycles. The van der Waals surface area contributed by atoms with E-state index in [1.165, 1.54) is 12.7 Å². The molecule has 0 saturated carbocycles. The standard InChI is InChI=1S/C19H24N2O3/c1-14-4-6-16-10-15(5-7-17(16)21-14)12-20-19(11-18(22)23-2)8-3-9-24-13-19/h4-7,10,20H,3,8-9,11-13H2,1-2H3. The molecule has 2 heterocycles. The molecule has 0 spiro atoms. The third-order valence-corrected chi connectivity index (χ3v) is 4.59. The quantitative estimate of drug-likeness (QED) is 0.855. The van der Waals surface area contributed by atoms with Gasteiger partial charge < -0.3 is 14.8 Å². The predicted octanol–water partition coefficient (Wildman–Crippen LogP) is 2.75. The second-order valence-electron chi connectivity index (χ2n) is 6.52. The first kappa shape index (κ1) is 16.9. The maximum Gasteiger partial charge on any atom is 0.307 e.